The molecule has 0 spiro atoms. The molecule has 2 rings (SSSR count). The van der Waals surface area contributed by atoms with Gasteiger partial charge < -0.3 is 15.6 Å². The standard InChI is InChI=1S/C12H14ClN4OP/c1-19(2,18)10-6-4-3-5-9(10)16-11-8(13)7-15-12(14)17-11/h3-7H,1-2H3,(H3,14,15,16,17). The number of halogens is 1. The molecular formula is C12H14ClN4OP. The van der Waals surface area contributed by atoms with Crippen molar-refractivity contribution in [1.82, 2.24) is 9.97 Å². The average Bonchev–Trinajstić information content (AvgIpc) is 2.33. The Balaban J connectivity index is 2.44. The lowest BCUT2D eigenvalue weighted by Crippen LogP contribution is -2.10. The normalized spacial score (nSPS) is 11.3. The molecule has 0 aliphatic carbocycles. The van der Waals surface area contributed by atoms with Gasteiger partial charge in [0.05, 0.1) is 11.9 Å². The van der Waals surface area contributed by atoms with Gasteiger partial charge in [0.1, 0.15) is 12.2 Å². The molecule has 1 aromatic heterocycles. The molecule has 0 aliphatic heterocycles. The molecule has 0 bridgehead atoms. The van der Waals surface area contributed by atoms with Gasteiger partial charge in [-0.2, -0.15) is 4.98 Å². The van der Waals surface area contributed by atoms with Crippen molar-refractivity contribution in [2.75, 3.05) is 24.4 Å². The van der Waals surface area contributed by atoms with Crippen LogP contribution in [-0.4, -0.2) is 23.3 Å². The van der Waals surface area contributed by atoms with Gasteiger partial charge in [-0.15, -0.1) is 0 Å². The largest absolute Gasteiger partial charge is 0.368 e. The number of benzene rings is 1. The number of aromatic nitrogens is 2. The Morgan fingerprint density at radius 2 is 2.00 bits per heavy atom. The van der Waals surface area contributed by atoms with Crippen LogP contribution in [0.2, 0.25) is 5.02 Å². The molecule has 0 atom stereocenters. The van der Waals surface area contributed by atoms with Gasteiger partial charge in [-0.25, -0.2) is 4.98 Å². The molecule has 0 saturated carbocycles. The highest BCUT2D eigenvalue weighted by molar-refractivity contribution is 7.70. The summed E-state index contributed by atoms with van der Waals surface area (Å²) >= 11 is 6.00. The van der Waals surface area contributed by atoms with Crippen molar-refractivity contribution in [2.24, 2.45) is 0 Å². The van der Waals surface area contributed by atoms with E-state index in [-0.39, 0.29) is 5.95 Å². The van der Waals surface area contributed by atoms with E-state index in [0.717, 1.165) is 5.30 Å². The van der Waals surface area contributed by atoms with Crippen LogP contribution in [0.15, 0.2) is 30.5 Å². The summed E-state index contributed by atoms with van der Waals surface area (Å²) in [6.45, 7) is 3.42. The highest BCUT2D eigenvalue weighted by Gasteiger charge is 2.16. The van der Waals surface area contributed by atoms with Crippen LogP contribution in [0.1, 0.15) is 0 Å². The average molecular weight is 297 g/mol. The summed E-state index contributed by atoms with van der Waals surface area (Å²) in [5.74, 6) is 0.524. The number of anilines is 3. The lowest BCUT2D eigenvalue weighted by Gasteiger charge is -2.15. The third-order valence-electron chi connectivity index (χ3n) is 2.50. The minimum absolute atomic E-state index is 0.126. The van der Waals surface area contributed by atoms with Crippen molar-refractivity contribution in [2.45, 2.75) is 0 Å². The first-order valence-electron chi connectivity index (χ1n) is 5.57. The van der Waals surface area contributed by atoms with Crippen molar-refractivity contribution < 1.29 is 4.57 Å². The van der Waals surface area contributed by atoms with E-state index in [2.05, 4.69) is 15.3 Å². The number of hydrogen-bond donors (Lipinski definition) is 2. The van der Waals surface area contributed by atoms with Gasteiger partial charge in [0, 0.05) is 5.30 Å². The topological polar surface area (TPSA) is 80.9 Å². The fourth-order valence-electron chi connectivity index (χ4n) is 1.64. The Labute approximate surface area is 116 Å². The number of rotatable bonds is 3. The Morgan fingerprint density at radius 3 is 2.68 bits per heavy atom. The van der Waals surface area contributed by atoms with Gasteiger partial charge in [0.2, 0.25) is 5.95 Å². The Kier molecular flexibility index (Phi) is 3.78. The van der Waals surface area contributed by atoms with E-state index in [1.165, 1.54) is 6.20 Å². The molecule has 2 aromatic rings. The lowest BCUT2D eigenvalue weighted by atomic mass is 10.3. The summed E-state index contributed by atoms with van der Waals surface area (Å²) in [5, 5.41) is 4.14. The van der Waals surface area contributed by atoms with Crippen molar-refractivity contribution in [3.63, 3.8) is 0 Å². The van der Waals surface area contributed by atoms with Gasteiger partial charge >= 0.3 is 0 Å². The molecule has 0 fully saturated rings. The van der Waals surface area contributed by atoms with Crippen LogP contribution >= 0.6 is 18.7 Å². The van der Waals surface area contributed by atoms with Gasteiger partial charge in [0.15, 0.2) is 5.82 Å². The second-order valence-corrected chi connectivity index (χ2v) is 8.01. The molecule has 0 saturated heterocycles. The van der Waals surface area contributed by atoms with Crippen LogP contribution in [0.3, 0.4) is 0 Å². The first-order valence-corrected chi connectivity index (χ1v) is 8.55. The second kappa shape index (κ2) is 5.19. The second-order valence-electron chi connectivity index (χ2n) is 4.42. The number of nitrogens with one attached hydrogen (secondary N) is 1. The van der Waals surface area contributed by atoms with E-state index in [1.807, 2.05) is 24.3 Å². The SMILES string of the molecule is CP(C)(=O)c1ccccc1Nc1nc(N)ncc1Cl. The van der Waals surface area contributed by atoms with Gasteiger partial charge in [-0.1, -0.05) is 23.7 Å². The maximum Gasteiger partial charge on any atom is 0.222 e. The molecule has 7 heteroatoms. The smallest absolute Gasteiger partial charge is 0.222 e. The monoisotopic (exact) mass is 296 g/mol. The Bertz CT molecular complexity index is 656. The lowest BCUT2D eigenvalue weighted by molar-refractivity contribution is 0.588. The summed E-state index contributed by atoms with van der Waals surface area (Å²) < 4.78 is 12.2. The number of nitrogens with two attached hydrogens (primary N) is 1. The van der Waals surface area contributed by atoms with Crippen molar-refractivity contribution >= 4 is 41.5 Å². The van der Waals surface area contributed by atoms with E-state index < -0.39 is 7.14 Å². The zero-order chi connectivity index (χ0) is 14.0. The van der Waals surface area contributed by atoms with Crippen LogP contribution in [0.4, 0.5) is 17.5 Å². The van der Waals surface area contributed by atoms with E-state index >= 15 is 0 Å². The fraction of sp³-hybridized carbons (Fsp3) is 0.167. The highest BCUT2D eigenvalue weighted by atomic mass is 35.5. The summed E-state index contributed by atoms with van der Waals surface area (Å²) in [7, 11) is -2.40. The molecule has 1 aromatic carbocycles. The molecule has 0 amide bonds. The minimum atomic E-state index is -2.40. The number of nitrogen functional groups attached to an aromatic ring is 1. The third-order valence-corrected chi connectivity index (χ3v) is 4.33. The van der Waals surface area contributed by atoms with Crippen molar-refractivity contribution in [1.29, 1.82) is 0 Å². The zero-order valence-corrected chi connectivity index (χ0v) is 12.2. The Hall–Kier alpha value is -1.58. The minimum Gasteiger partial charge on any atom is -0.368 e. The van der Waals surface area contributed by atoms with Crippen molar-refractivity contribution in [3.8, 4) is 0 Å². The highest BCUT2D eigenvalue weighted by Crippen LogP contribution is 2.38. The number of hydrogen-bond acceptors (Lipinski definition) is 5. The third kappa shape index (κ3) is 3.25. The summed E-state index contributed by atoms with van der Waals surface area (Å²) in [4.78, 5) is 7.82. The number of nitrogens with zero attached hydrogens (tertiary/aromatic N) is 2. The van der Waals surface area contributed by atoms with Crippen LogP contribution in [0.5, 0.6) is 0 Å². The van der Waals surface area contributed by atoms with Crippen LogP contribution < -0.4 is 16.4 Å². The predicted octanol–water partition coefficient (Wildman–Crippen LogP) is 2.70. The maximum atomic E-state index is 12.2. The van der Waals surface area contributed by atoms with E-state index in [0.29, 0.717) is 16.5 Å². The predicted molar refractivity (Wildman–Crippen MR) is 80.3 cm³/mol. The molecule has 0 aliphatic rings. The molecule has 5 nitrogen and oxygen atoms in total. The molecule has 100 valence electrons. The van der Waals surface area contributed by atoms with Crippen LogP contribution in [0, 0.1) is 0 Å². The summed E-state index contributed by atoms with van der Waals surface area (Å²) in [6.07, 6.45) is 1.42. The molecule has 3 N–H and O–H groups in total. The van der Waals surface area contributed by atoms with E-state index in [4.69, 9.17) is 17.3 Å². The first kappa shape index (κ1) is 13.8. The quantitative estimate of drug-likeness (QED) is 0.851. The first-order chi connectivity index (χ1) is 8.88. The summed E-state index contributed by atoms with van der Waals surface area (Å²) in [5.41, 5.74) is 6.23. The molecular weight excluding hydrogens is 283 g/mol. The van der Waals surface area contributed by atoms with Crippen LogP contribution in [-0.2, 0) is 4.57 Å². The molecule has 0 radical (unpaired) electrons. The molecule has 0 unspecified atom stereocenters. The van der Waals surface area contributed by atoms with E-state index in [1.54, 1.807) is 13.3 Å². The van der Waals surface area contributed by atoms with Crippen molar-refractivity contribution in [3.05, 3.63) is 35.5 Å². The zero-order valence-electron chi connectivity index (χ0n) is 10.6. The van der Waals surface area contributed by atoms with Gasteiger partial charge in [0.25, 0.3) is 0 Å². The number of para-hydroxylation sites is 1. The Morgan fingerprint density at radius 1 is 1.32 bits per heavy atom. The fourth-order valence-corrected chi connectivity index (χ4v) is 2.94. The van der Waals surface area contributed by atoms with Gasteiger partial charge in [-0.3, -0.25) is 0 Å². The van der Waals surface area contributed by atoms with Crippen LogP contribution in [0.25, 0.3) is 0 Å². The molecule has 19 heavy (non-hydrogen) atoms. The molecule has 1 heterocycles. The summed E-state index contributed by atoms with van der Waals surface area (Å²) in [6, 6.07) is 7.33. The van der Waals surface area contributed by atoms with E-state index in [9.17, 15) is 4.57 Å². The maximum absolute atomic E-state index is 12.2. The van der Waals surface area contributed by atoms with Gasteiger partial charge in [-0.05, 0) is 25.5 Å².